The average Bonchev–Trinajstić information content (AvgIpc) is 3.00. The third kappa shape index (κ3) is 2.26. The number of rotatable bonds is 2. The lowest BCUT2D eigenvalue weighted by atomic mass is 9.81. The third-order valence-corrected chi connectivity index (χ3v) is 6.13. The summed E-state index contributed by atoms with van der Waals surface area (Å²) in [5.41, 5.74) is 5.61. The summed E-state index contributed by atoms with van der Waals surface area (Å²) in [5.74, 6) is -0.493. The Labute approximate surface area is 125 Å². The van der Waals surface area contributed by atoms with Crippen molar-refractivity contribution < 1.29 is 14.7 Å². The quantitative estimate of drug-likeness (QED) is 0.812. The van der Waals surface area contributed by atoms with E-state index in [0.717, 1.165) is 44.9 Å². The molecule has 3 fully saturated rings. The summed E-state index contributed by atoms with van der Waals surface area (Å²) in [6.45, 7) is 1.93. The molecule has 3 aliphatic rings. The van der Waals surface area contributed by atoms with E-state index in [0.29, 0.717) is 12.3 Å². The summed E-state index contributed by atoms with van der Waals surface area (Å²) in [5, 5.41) is 9.55. The number of hydrogen-bond donors (Lipinski definition) is 2. The van der Waals surface area contributed by atoms with E-state index in [1.165, 1.54) is 0 Å². The van der Waals surface area contributed by atoms with Crippen molar-refractivity contribution >= 4 is 11.9 Å². The summed E-state index contributed by atoms with van der Waals surface area (Å²) in [6, 6.07) is -0.658. The Bertz CT molecular complexity index is 453. The molecular formula is C16H26N2O3. The van der Waals surface area contributed by atoms with Crippen molar-refractivity contribution in [3.8, 4) is 0 Å². The van der Waals surface area contributed by atoms with Gasteiger partial charge in [0.15, 0.2) is 0 Å². The molecule has 5 atom stereocenters. The van der Waals surface area contributed by atoms with E-state index in [9.17, 15) is 14.7 Å². The zero-order valence-corrected chi connectivity index (χ0v) is 12.8. The second kappa shape index (κ2) is 5.27. The fraction of sp³-hybridized carbons (Fsp3) is 0.875. The Morgan fingerprint density at radius 3 is 2.52 bits per heavy atom. The summed E-state index contributed by atoms with van der Waals surface area (Å²) >= 11 is 0. The topological polar surface area (TPSA) is 83.6 Å². The van der Waals surface area contributed by atoms with Crippen LogP contribution in [-0.4, -0.2) is 40.0 Å². The van der Waals surface area contributed by atoms with Gasteiger partial charge >= 0.3 is 5.97 Å². The highest BCUT2D eigenvalue weighted by atomic mass is 16.4. The first-order valence-corrected chi connectivity index (χ1v) is 8.26. The van der Waals surface area contributed by atoms with Gasteiger partial charge in [0.25, 0.3) is 0 Å². The predicted octanol–water partition coefficient (Wildman–Crippen LogP) is 1.75. The molecule has 1 aliphatic heterocycles. The van der Waals surface area contributed by atoms with E-state index < -0.39 is 17.4 Å². The minimum Gasteiger partial charge on any atom is -0.480 e. The van der Waals surface area contributed by atoms with Crippen molar-refractivity contribution in [3.05, 3.63) is 0 Å². The summed E-state index contributed by atoms with van der Waals surface area (Å²) in [6.07, 6.45) is 7.49. The van der Waals surface area contributed by atoms with Crippen molar-refractivity contribution in [2.24, 2.45) is 17.1 Å². The van der Waals surface area contributed by atoms with Crippen LogP contribution in [0.5, 0.6) is 0 Å². The summed E-state index contributed by atoms with van der Waals surface area (Å²) in [7, 11) is 0. The van der Waals surface area contributed by atoms with Crippen LogP contribution in [0, 0.1) is 11.3 Å². The highest BCUT2D eigenvalue weighted by Crippen LogP contribution is 2.45. The average molecular weight is 294 g/mol. The van der Waals surface area contributed by atoms with Gasteiger partial charge < -0.3 is 15.7 Å². The molecule has 1 heterocycles. The van der Waals surface area contributed by atoms with Crippen molar-refractivity contribution in [3.63, 3.8) is 0 Å². The van der Waals surface area contributed by atoms with Crippen LogP contribution in [0.15, 0.2) is 0 Å². The molecule has 0 aromatic carbocycles. The maximum Gasteiger partial charge on any atom is 0.326 e. The van der Waals surface area contributed by atoms with E-state index in [1.807, 2.05) is 6.92 Å². The molecule has 5 heteroatoms. The van der Waals surface area contributed by atoms with Gasteiger partial charge in [0.05, 0.1) is 5.41 Å². The highest BCUT2D eigenvalue weighted by molar-refractivity contribution is 5.89. The first-order chi connectivity index (χ1) is 9.95. The second-order valence-electron chi connectivity index (χ2n) is 7.33. The number of carbonyl (C=O) groups excluding carboxylic acids is 1. The Hall–Kier alpha value is -1.10. The number of fused-ring (bicyclic) bond motifs is 1. The highest BCUT2D eigenvalue weighted by Gasteiger charge is 2.53. The van der Waals surface area contributed by atoms with Crippen LogP contribution in [0.25, 0.3) is 0 Å². The molecule has 5 nitrogen and oxygen atoms in total. The van der Waals surface area contributed by atoms with Crippen molar-refractivity contribution in [2.45, 2.75) is 76.4 Å². The van der Waals surface area contributed by atoms with Crippen molar-refractivity contribution in [2.75, 3.05) is 0 Å². The lowest BCUT2D eigenvalue weighted by Gasteiger charge is -2.39. The molecule has 21 heavy (non-hydrogen) atoms. The molecule has 2 aliphatic carbocycles. The Morgan fingerprint density at radius 2 is 1.90 bits per heavy atom. The number of likely N-dealkylation sites (tertiary alicyclic amines) is 1. The third-order valence-electron chi connectivity index (χ3n) is 6.13. The molecule has 0 radical (unpaired) electrons. The van der Waals surface area contributed by atoms with E-state index in [-0.39, 0.29) is 18.0 Å². The van der Waals surface area contributed by atoms with E-state index in [2.05, 4.69) is 0 Å². The number of amides is 1. The maximum absolute atomic E-state index is 13.1. The molecule has 0 bridgehead atoms. The fourth-order valence-corrected chi connectivity index (χ4v) is 4.73. The second-order valence-corrected chi connectivity index (χ2v) is 7.33. The van der Waals surface area contributed by atoms with E-state index in [1.54, 1.807) is 4.90 Å². The number of carboxylic acids is 1. The molecule has 118 valence electrons. The monoisotopic (exact) mass is 294 g/mol. The number of carbonyl (C=O) groups is 2. The Balaban J connectivity index is 1.89. The molecule has 1 saturated heterocycles. The van der Waals surface area contributed by atoms with Gasteiger partial charge in [-0.1, -0.05) is 19.3 Å². The number of nitrogens with zero attached hydrogens (tertiary/aromatic N) is 1. The molecule has 2 saturated carbocycles. The molecule has 0 aromatic rings. The maximum atomic E-state index is 13.1. The van der Waals surface area contributed by atoms with E-state index in [4.69, 9.17) is 5.73 Å². The van der Waals surface area contributed by atoms with Gasteiger partial charge in [-0.2, -0.15) is 0 Å². The SMILES string of the molecule is CC1(C(=O)N2C(C(=O)O)CC3CCCCC32)CCCC1N. The molecular weight excluding hydrogens is 268 g/mol. The van der Waals surface area contributed by atoms with Crippen LogP contribution in [0.3, 0.4) is 0 Å². The fourth-order valence-electron chi connectivity index (χ4n) is 4.73. The number of hydrogen-bond acceptors (Lipinski definition) is 3. The Morgan fingerprint density at radius 1 is 1.19 bits per heavy atom. The Kier molecular flexibility index (Phi) is 3.72. The first-order valence-electron chi connectivity index (χ1n) is 8.26. The van der Waals surface area contributed by atoms with E-state index >= 15 is 0 Å². The van der Waals surface area contributed by atoms with Gasteiger partial charge in [-0.3, -0.25) is 4.79 Å². The van der Waals surface area contributed by atoms with Crippen LogP contribution in [0.4, 0.5) is 0 Å². The lowest BCUT2D eigenvalue weighted by molar-refractivity contribution is -0.155. The van der Waals surface area contributed by atoms with Crippen LogP contribution in [0.1, 0.15) is 58.3 Å². The molecule has 3 rings (SSSR count). The lowest BCUT2D eigenvalue weighted by Crippen LogP contribution is -2.55. The molecule has 3 N–H and O–H groups in total. The van der Waals surface area contributed by atoms with Gasteiger partial charge in [-0.05, 0) is 44.9 Å². The van der Waals surface area contributed by atoms with Crippen LogP contribution < -0.4 is 5.73 Å². The molecule has 0 spiro atoms. The summed E-state index contributed by atoms with van der Waals surface area (Å²) in [4.78, 5) is 26.5. The molecule has 1 amide bonds. The van der Waals surface area contributed by atoms with Crippen molar-refractivity contribution in [1.29, 1.82) is 0 Å². The minimum absolute atomic E-state index is 0.00528. The smallest absolute Gasteiger partial charge is 0.326 e. The zero-order chi connectivity index (χ0) is 15.2. The number of carboxylic acid groups (broad SMARTS) is 1. The van der Waals surface area contributed by atoms with Gasteiger partial charge in [0.1, 0.15) is 6.04 Å². The van der Waals surface area contributed by atoms with Crippen LogP contribution in [-0.2, 0) is 9.59 Å². The van der Waals surface area contributed by atoms with Gasteiger partial charge in [-0.15, -0.1) is 0 Å². The van der Waals surface area contributed by atoms with Gasteiger partial charge in [0, 0.05) is 12.1 Å². The van der Waals surface area contributed by atoms with Crippen molar-refractivity contribution in [1.82, 2.24) is 4.90 Å². The van der Waals surface area contributed by atoms with Crippen LogP contribution >= 0.6 is 0 Å². The standard InChI is InChI=1S/C16H26N2O3/c1-16(8-4-7-13(16)17)15(21)18-11-6-3-2-5-10(11)9-12(18)14(19)20/h10-13H,2-9,17H2,1H3,(H,19,20). The first kappa shape index (κ1) is 14.8. The van der Waals surface area contributed by atoms with Gasteiger partial charge in [0.2, 0.25) is 5.91 Å². The van der Waals surface area contributed by atoms with Gasteiger partial charge in [-0.25, -0.2) is 4.79 Å². The minimum atomic E-state index is -0.854. The normalized spacial score (nSPS) is 42.9. The summed E-state index contributed by atoms with van der Waals surface area (Å²) < 4.78 is 0. The van der Waals surface area contributed by atoms with Crippen LogP contribution in [0.2, 0.25) is 0 Å². The number of nitrogens with two attached hydrogens (primary N) is 1. The zero-order valence-electron chi connectivity index (χ0n) is 12.8. The predicted molar refractivity (Wildman–Crippen MR) is 78.6 cm³/mol. The molecule has 0 aromatic heterocycles. The molecule has 5 unspecified atom stereocenters. The number of aliphatic carboxylic acids is 1. The largest absolute Gasteiger partial charge is 0.480 e.